The molecule has 1 N–H and O–H groups in total. The zero-order valence-corrected chi connectivity index (χ0v) is 16.7. The third-order valence-electron chi connectivity index (χ3n) is 3.67. The van der Waals surface area contributed by atoms with Crippen LogP contribution < -0.4 is 40.0 Å². The van der Waals surface area contributed by atoms with Crippen molar-refractivity contribution in [2.75, 3.05) is 6.61 Å². The molecule has 0 radical (unpaired) electrons. The van der Waals surface area contributed by atoms with Gasteiger partial charge in [-0.15, -0.1) is 11.8 Å². The van der Waals surface area contributed by atoms with Crippen molar-refractivity contribution >= 4 is 29.6 Å². The van der Waals surface area contributed by atoms with Gasteiger partial charge in [-0.05, 0) is 27.7 Å². The van der Waals surface area contributed by atoms with E-state index >= 15 is 0 Å². The number of carboxylic acids is 1. The fourth-order valence-corrected chi connectivity index (χ4v) is 4.39. The van der Waals surface area contributed by atoms with E-state index in [0.717, 1.165) is 0 Å². The van der Waals surface area contributed by atoms with Crippen LogP contribution in [0, 0.1) is 0 Å². The van der Waals surface area contributed by atoms with Crippen LogP contribution in [0.25, 0.3) is 0 Å². The summed E-state index contributed by atoms with van der Waals surface area (Å²) in [4.78, 5) is 36.2. The maximum absolute atomic E-state index is 12.2. The zero-order valence-electron chi connectivity index (χ0n) is 13.9. The molecule has 0 aromatic heterocycles. The monoisotopic (exact) mass is 350 g/mol. The van der Waals surface area contributed by atoms with E-state index in [2.05, 4.69) is 5.32 Å². The van der Waals surface area contributed by atoms with E-state index in [1.54, 1.807) is 27.7 Å². The number of carbonyl (C=O) groups excluding carboxylic acids is 3. The van der Waals surface area contributed by atoms with Crippen LogP contribution in [-0.2, 0) is 19.1 Å². The largest absolute Gasteiger partial charge is 1.00 e. The summed E-state index contributed by atoms with van der Waals surface area (Å²) in [6.45, 7) is 7.20. The predicted octanol–water partition coefficient (Wildman–Crippen LogP) is -3.77. The summed E-state index contributed by atoms with van der Waals surface area (Å²) < 4.78 is 4.18. The Morgan fingerprint density at radius 3 is 2.61 bits per heavy atom. The van der Waals surface area contributed by atoms with Gasteiger partial charge in [0.15, 0.2) is 0 Å². The van der Waals surface area contributed by atoms with Gasteiger partial charge in [0.25, 0.3) is 0 Å². The first-order valence-electron chi connectivity index (χ1n) is 7.01. The number of nitrogens with one attached hydrogen (secondary N) is 1. The minimum Gasteiger partial charge on any atom is -0.548 e. The SMILES string of the molecule is CCOC(=O)C=C(C)N[C@@H]1C(=O)N2[C@@H]1SC(C)(C)[C@@H]2C(=O)[O-].[Na+]. The normalized spacial score (nSPS) is 28.3. The summed E-state index contributed by atoms with van der Waals surface area (Å²) in [5.41, 5.74) is 0.506. The molecule has 0 bridgehead atoms. The second-order valence-corrected chi connectivity index (χ2v) is 7.55. The van der Waals surface area contributed by atoms with Crippen molar-refractivity contribution in [1.82, 2.24) is 10.2 Å². The molecule has 2 heterocycles. The van der Waals surface area contributed by atoms with Crippen molar-refractivity contribution in [3.05, 3.63) is 11.8 Å². The van der Waals surface area contributed by atoms with Crippen molar-refractivity contribution in [3.8, 4) is 0 Å². The maximum atomic E-state index is 12.2. The first-order chi connectivity index (χ1) is 10.2. The number of amides is 1. The van der Waals surface area contributed by atoms with Gasteiger partial charge >= 0.3 is 35.5 Å². The Hall–Kier alpha value is -0.700. The van der Waals surface area contributed by atoms with Gasteiger partial charge in [0, 0.05) is 16.5 Å². The molecular weight excluding hydrogens is 331 g/mol. The molecule has 23 heavy (non-hydrogen) atoms. The fraction of sp³-hybridized carbons (Fsp3) is 0.643. The van der Waals surface area contributed by atoms with E-state index < -0.39 is 28.8 Å². The van der Waals surface area contributed by atoms with Crippen LogP contribution in [0.2, 0.25) is 0 Å². The van der Waals surface area contributed by atoms with Gasteiger partial charge in [-0.25, -0.2) is 4.79 Å². The number of aliphatic carboxylic acids is 1. The molecule has 2 aliphatic heterocycles. The van der Waals surface area contributed by atoms with Crippen LogP contribution in [0.1, 0.15) is 27.7 Å². The Labute approximate surface area is 161 Å². The summed E-state index contributed by atoms with van der Waals surface area (Å²) in [7, 11) is 0. The van der Waals surface area contributed by atoms with E-state index in [1.807, 2.05) is 0 Å². The van der Waals surface area contributed by atoms with Crippen LogP contribution in [0.5, 0.6) is 0 Å². The molecule has 0 unspecified atom stereocenters. The first-order valence-corrected chi connectivity index (χ1v) is 7.89. The molecular formula is C14H19N2NaO5S. The molecule has 122 valence electrons. The number of carboxylic acid groups (broad SMARTS) is 1. The van der Waals surface area contributed by atoms with Gasteiger partial charge < -0.3 is 24.9 Å². The Kier molecular flexibility index (Phi) is 6.60. The van der Waals surface area contributed by atoms with E-state index in [4.69, 9.17) is 4.74 Å². The summed E-state index contributed by atoms with van der Waals surface area (Å²) in [6, 6.07) is -1.48. The van der Waals surface area contributed by atoms with Crippen LogP contribution >= 0.6 is 11.8 Å². The fourth-order valence-electron chi connectivity index (χ4n) is 2.77. The quantitative estimate of drug-likeness (QED) is 0.235. The topological polar surface area (TPSA) is 98.8 Å². The number of thioether (sulfide) groups is 1. The number of rotatable bonds is 5. The van der Waals surface area contributed by atoms with E-state index in [1.165, 1.54) is 22.7 Å². The number of hydrogen-bond acceptors (Lipinski definition) is 7. The number of esters is 1. The van der Waals surface area contributed by atoms with Gasteiger partial charge in [-0.1, -0.05) is 0 Å². The summed E-state index contributed by atoms with van der Waals surface area (Å²) in [5, 5.41) is 14.0. The smallest absolute Gasteiger partial charge is 0.548 e. The average Bonchev–Trinajstić information content (AvgIpc) is 2.65. The van der Waals surface area contributed by atoms with Crippen molar-refractivity contribution in [3.63, 3.8) is 0 Å². The number of carbonyl (C=O) groups is 3. The molecule has 0 aliphatic carbocycles. The van der Waals surface area contributed by atoms with Gasteiger partial charge in [0.05, 0.1) is 18.6 Å². The van der Waals surface area contributed by atoms with E-state index in [-0.39, 0.29) is 47.4 Å². The molecule has 1 amide bonds. The maximum Gasteiger partial charge on any atom is 1.00 e. The van der Waals surface area contributed by atoms with Crippen LogP contribution in [-0.4, -0.2) is 51.6 Å². The molecule has 3 atom stereocenters. The number of hydrogen-bond donors (Lipinski definition) is 1. The molecule has 2 fully saturated rings. The van der Waals surface area contributed by atoms with Crippen LogP contribution in [0.15, 0.2) is 11.8 Å². The Morgan fingerprint density at radius 1 is 1.48 bits per heavy atom. The third-order valence-corrected chi connectivity index (χ3v) is 5.24. The Morgan fingerprint density at radius 2 is 2.09 bits per heavy atom. The number of fused-ring (bicyclic) bond motifs is 1. The standard InChI is InChI=1S/C14H20N2O5S.Na/c1-5-21-8(17)6-7(2)15-9-11(18)16-10(13(19)20)14(3,4)22-12(9)16;/h6,9-10,12,15H,5H2,1-4H3,(H,19,20);/q;+1/p-1/t9-,10+,12-;/m1./s1. The summed E-state index contributed by atoms with van der Waals surface area (Å²) >= 11 is 1.42. The summed E-state index contributed by atoms with van der Waals surface area (Å²) in [5.74, 6) is -2.03. The number of nitrogens with zero attached hydrogens (tertiary/aromatic N) is 1. The van der Waals surface area contributed by atoms with Gasteiger partial charge in [-0.2, -0.15) is 0 Å². The molecule has 7 nitrogen and oxygen atoms in total. The predicted molar refractivity (Wildman–Crippen MR) is 78.4 cm³/mol. The molecule has 2 aliphatic rings. The van der Waals surface area contributed by atoms with Gasteiger partial charge in [-0.3, -0.25) is 4.79 Å². The zero-order chi connectivity index (χ0) is 16.7. The minimum atomic E-state index is -1.24. The Balaban J connectivity index is 0.00000264. The molecule has 2 saturated heterocycles. The Bertz CT molecular complexity index is 551. The second kappa shape index (κ2) is 7.46. The number of ether oxygens (including phenoxy) is 1. The first kappa shape index (κ1) is 20.3. The molecule has 0 aromatic carbocycles. The van der Waals surface area contributed by atoms with Gasteiger partial charge in [0.1, 0.15) is 11.4 Å². The number of allylic oxidation sites excluding steroid dienone is 1. The summed E-state index contributed by atoms with van der Waals surface area (Å²) in [6.07, 6.45) is 1.28. The molecule has 9 heteroatoms. The molecule has 0 spiro atoms. The molecule has 2 rings (SSSR count). The molecule has 0 saturated carbocycles. The van der Waals surface area contributed by atoms with Crippen molar-refractivity contribution in [1.29, 1.82) is 0 Å². The van der Waals surface area contributed by atoms with Crippen molar-refractivity contribution < 1.29 is 53.8 Å². The van der Waals surface area contributed by atoms with E-state index in [0.29, 0.717) is 5.70 Å². The third kappa shape index (κ3) is 3.87. The van der Waals surface area contributed by atoms with Gasteiger partial charge in [0.2, 0.25) is 5.91 Å². The van der Waals surface area contributed by atoms with Crippen molar-refractivity contribution in [2.45, 2.75) is 49.9 Å². The molecule has 0 aromatic rings. The minimum absolute atomic E-state index is 0. The van der Waals surface area contributed by atoms with E-state index in [9.17, 15) is 19.5 Å². The average molecular weight is 350 g/mol. The number of β-lactam (4-membered cyclic amide) rings is 1. The second-order valence-electron chi connectivity index (χ2n) is 5.78. The van der Waals surface area contributed by atoms with Crippen LogP contribution in [0.4, 0.5) is 0 Å². The van der Waals surface area contributed by atoms with Crippen molar-refractivity contribution in [2.24, 2.45) is 0 Å². The van der Waals surface area contributed by atoms with Crippen LogP contribution in [0.3, 0.4) is 0 Å².